The Morgan fingerprint density at radius 3 is 2.38 bits per heavy atom. The Balaban J connectivity index is 3.82. The second-order valence-corrected chi connectivity index (χ2v) is 3.67. The molecule has 0 heterocycles. The summed E-state index contributed by atoms with van der Waals surface area (Å²) in [6.45, 7) is 8.27. The maximum Gasteiger partial charge on any atom is 0.224 e. The van der Waals surface area contributed by atoms with E-state index in [9.17, 15) is 4.79 Å². The first-order chi connectivity index (χ1) is 5.95. The molecule has 0 rings (SSSR count). The predicted molar refractivity (Wildman–Crippen MR) is 55.3 cm³/mol. The van der Waals surface area contributed by atoms with Crippen molar-refractivity contribution in [3.63, 3.8) is 0 Å². The normalized spacial score (nSPS) is 14.5. The number of allylic oxidation sites excluding steroid dienone is 1. The van der Waals surface area contributed by atoms with E-state index in [1.165, 1.54) is 5.57 Å². The maximum atomic E-state index is 11.3. The van der Waals surface area contributed by atoms with Crippen LogP contribution in [0.3, 0.4) is 0 Å². The summed E-state index contributed by atoms with van der Waals surface area (Å²) in [5, 5.41) is 2.80. The maximum absolute atomic E-state index is 11.3. The first-order valence-corrected chi connectivity index (χ1v) is 4.61. The molecule has 0 aromatic rings. The molecule has 3 N–H and O–H groups in total. The Morgan fingerprint density at radius 1 is 1.46 bits per heavy atom. The van der Waals surface area contributed by atoms with Gasteiger partial charge in [-0.2, -0.15) is 0 Å². The van der Waals surface area contributed by atoms with Gasteiger partial charge in [0.1, 0.15) is 0 Å². The molecule has 0 aromatic heterocycles. The van der Waals surface area contributed by atoms with Crippen LogP contribution in [0.15, 0.2) is 11.6 Å². The number of carbonyl (C=O) groups excluding carboxylic acids is 1. The van der Waals surface area contributed by atoms with Crippen molar-refractivity contribution >= 4 is 5.91 Å². The first kappa shape index (κ1) is 12.2. The van der Waals surface area contributed by atoms with Gasteiger partial charge in [0.15, 0.2) is 0 Å². The Hall–Kier alpha value is -0.830. The van der Waals surface area contributed by atoms with Gasteiger partial charge >= 0.3 is 0 Å². The number of nitrogens with two attached hydrogens (primary N) is 1. The predicted octanol–water partition coefficient (Wildman–Crippen LogP) is 1.05. The number of carbonyl (C=O) groups is 1. The van der Waals surface area contributed by atoms with Crippen molar-refractivity contribution in [2.24, 2.45) is 11.7 Å². The third-order valence-electron chi connectivity index (χ3n) is 1.99. The molecule has 3 heteroatoms. The molecule has 0 radical (unpaired) electrons. The van der Waals surface area contributed by atoms with Crippen LogP contribution in [-0.2, 0) is 4.79 Å². The van der Waals surface area contributed by atoms with Gasteiger partial charge in [-0.3, -0.25) is 4.79 Å². The molecule has 0 saturated heterocycles. The molecule has 0 spiro atoms. The van der Waals surface area contributed by atoms with E-state index in [-0.39, 0.29) is 17.9 Å². The quantitative estimate of drug-likeness (QED) is 0.642. The highest BCUT2D eigenvalue weighted by molar-refractivity contribution is 5.79. The Morgan fingerprint density at radius 2 is 2.00 bits per heavy atom. The average Bonchev–Trinajstić information content (AvgIpc) is 2.02. The molecule has 0 aliphatic rings. The molecular weight excluding hydrogens is 164 g/mol. The molecule has 2 unspecified atom stereocenters. The molecule has 1 amide bonds. The second-order valence-electron chi connectivity index (χ2n) is 3.67. The van der Waals surface area contributed by atoms with Gasteiger partial charge in [0, 0.05) is 18.5 Å². The SMILES string of the molecule is CC(C)=CCNC(=O)C(C)C(C)N. The summed E-state index contributed by atoms with van der Waals surface area (Å²) in [6, 6.07) is -0.0910. The van der Waals surface area contributed by atoms with Crippen molar-refractivity contribution < 1.29 is 4.79 Å². The summed E-state index contributed by atoms with van der Waals surface area (Å²) in [6.07, 6.45) is 1.98. The smallest absolute Gasteiger partial charge is 0.224 e. The van der Waals surface area contributed by atoms with E-state index in [0.29, 0.717) is 6.54 Å². The average molecular weight is 184 g/mol. The highest BCUT2D eigenvalue weighted by Crippen LogP contribution is 1.98. The van der Waals surface area contributed by atoms with Crippen LogP contribution >= 0.6 is 0 Å². The van der Waals surface area contributed by atoms with Gasteiger partial charge in [-0.1, -0.05) is 18.6 Å². The van der Waals surface area contributed by atoms with Crippen molar-refractivity contribution in [2.75, 3.05) is 6.54 Å². The first-order valence-electron chi connectivity index (χ1n) is 4.61. The third-order valence-corrected chi connectivity index (χ3v) is 1.99. The molecule has 0 fully saturated rings. The number of rotatable bonds is 4. The van der Waals surface area contributed by atoms with E-state index in [0.717, 1.165) is 0 Å². The summed E-state index contributed by atoms with van der Waals surface area (Å²) >= 11 is 0. The van der Waals surface area contributed by atoms with Crippen LogP contribution in [0.1, 0.15) is 27.7 Å². The molecule has 0 bridgehead atoms. The highest BCUT2D eigenvalue weighted by Gasteiger charge is 2.15. The van der Waals surface area contributed by atoms with E-state index in [1.54, 1.807) is 0 Å². The fraction of sp³-hybridized carbons (Fsp3) is 0.700. The fourth-order valence-electron chi connectivity index (χ4n) is 0.756. The van der Waals surface area contributed by atoms with E-state index >= 15 is 0 Å². The highest BCUT2D eigenvalue weighted by atomic mass is 16.1. The van der Waals surface area contributed by atoms with E-state index < -0.39 is 0 Å². The lowest BCUT2D eigenvalue weighted by molar-refractivity contribution is -0.124. The Labute approximate surface area is 80.4 Å². The van der Waals surface area contributed by atoms with Crippen molar-refractivity contribution in [1.29, 1.82) is 0 Å². The van der Waals surface area contributed by atoms with Crippen molar-refractivity contribution in [3.05, 3.63) is 11.6 Å². The summed E-state index contributed by atoms with van der Waals surface area (Å²) in [5.74, 6) is -0.0990. The van der Waals surface area contributed by atoms with Gasteiger partial charge < -0.3 is 11.1 Å². The summed E-state index contributed by atoms with van der Waals surface area (Å²) in [4.78, 5) is 11.3. The lowest BCUT2D eigenvalue weighted by atomic mass is 10.0. The molecule has 13 heavy (non-hydrogen) atoms. The van der Waals surface area contributed by atoms with Crippen LogP contribution in [0.2, 0.25) is 0 Å². The standard InChI is InChI=1S/C10H20N2O/c1-7(2)5-6-12-10(13)8(3)9(4)11/h5,8-9H,6,11H2,1-4H3,(H,12,13). The third kappa shape index (κ3) is 5.42. The Kier molecular flexibility index (Phi) is 5.39. The van der Waals surface area contributed by atoms with E-state index in [1.807, 2.05) is 33.8 Å². The lowest BCUT2D eigenvalue weighted by Gasteiger charge is -2.14. The molecular formula is C10H20N2O. The molecule has 76 valence electrons. The second kappa shape index (κ2) is 5.75. The zero-order chi connectivity index (χ0) is 10.4. The molecule has 0 saturated carbocycles. The topological polar surface area (TPSA) is 55.1 Å². The molecule has 0 aromatic carbocycles. The van der Waals surface area contributed by atoms with Gasteiger partial charge in [0.2, 0.25) is 5.91 Å². The van der Waals surface area contributed by atoms with Gasteiger partial charge in [0.05, 0.1) is 0 Å². The fourth-order valence-corrected chi connectivity index (χ4v) is 0.756. The van der Waals surface area contributed by atoms with Gasteiger partial charge in [-0.05, 0) is 20.8 Å². The lowest BCUT2D eigenvalue weighted by Crippen LogP contribution is -2.38. The molecule has 2 atom stereocenters. The van der Waals surface area contributed by atoms with Crippen LogP contribution in [0.25, 0.3) is 0 Å². The van der Waals surface area contributed by atoms with Crippen LogP contribution in [-0.4, -0.2) is 18.5 Å². The van der Waals surface area contributed by atoms with Crippen LogP contribution < -0.4 is 11.1 Å². The number of hydrogen-bond acceptors (Lipinski definition) is 2. The van der Waals surface area contributed by atoms with Crippen LogP contribution in [0.4, 0.5) is 0 Å². The van der Waals surface area contributed by atoms with Crippen molar-refractivity contribution in [1.82, 2.24) is 5.32 Å². The minimum absolute atomic E-state index is 0.0208. The van der Waals surface area contributed by atoms with Gasteiger partial charge in [-0.25, -0.2) is 0 Å². The molecule has 3 nitrogen and oxygen atoms in total. The van der Waals surface area contributed by atoms with Gasteiger partial charge in [0.25, 0.3) is 0 Å². The van der Waals surface area contributed by atoms with Crippen LogP contribution in [0, 0.1) is 5.92 Å². The zero-order valence-electron chi connectivity index (χ0n) is 8.92. The molecule has 0 aliphatic carbocycles. The van der Waals surface area contributed by atoms with Crippen molar-refractivity contribution in [2.45, 2.75) is 33.7 Å². The van der Waals surface area contributed by atoms with Gasteiger partial charge in [-0.15, -0.1) is 0 Å². The van der Waals surface area contributed by atoms with E-state index in [2.05, 4.69) is 5.32 Å². The largest absolute Gasteiger partial charge is 0.352 e. The number of nitrogens with one attached hydrogen (secondary N) is 1. The molecule has 0 aliphatic heterocycles. The minimum atomic E-state index is -0.120. The zero-order valence-corrected chi connectivity index (χ0v) is 8.92. The Bertz CT molecular complexity index is 193. The van der Waals surface area contributed by atoms with Crippen molar-refractivity contribution in [3.8, 4) is 0 Å². The monoisotopic (exact) mass is 184 g/mol. The van der Waals surface area contributed by atoms with E-state index in [4.69, 9.17) is 5.73 Å². The minimum Gasteiger partial charge on any atom is -0.352 e. The number of hydrogen-bond donors (Lipinski definition) is 2. The van der Waals surface area contributed by atoms with Crippen LogP contribution in [0.5, 0.6) is 0 Å². The number of amides is 1. The summed E-state index contributed by atoms with van der Waals surface area (Å²) in [5.41, 5.74) is 6.79. The summed E-state index contributed by atoms with van der Waals surface area (Å²) < 4.78 is 0. The summed E-state index contributed by atoms with van der Waals surface area (Å²) in [7, 11) is 0.